The highest BCUT2D eigenvalue weighted by Crippen LogP contribution is 2.15. The van der Waals surface area contributed by atoms with Crippen molar-refractivity contribution in [3.63, 3.8) is 0 Å². The van der Waals surface area contributed by atoms with E-state index >= 15 is 0 Å². The van der Waals surface area contributed by atoms with Gasteiger partial charge in [0.25, 0.3) is 0 Å². The van der Waals surface area contributed by atoms with Crippen molar-refractivity contribution in [2.45, 2.75) is 39.3 Å². The number of hydrogen-bond acceptors (Lipinski definition) is 3. The predicted molar refractivity (Wildman–Crippen MR) is 56.2 cm³/mol. The zero-order chi connectivity index (χ0) is 10.6. The van der Waals surface area contributed by atoms with Gasteiger partial charge in [-0.05, 0) is 32.4 Å². The zero-order valence-electron chi connectivity index (χ0n) is 9.08. The SMILES string of the molecule is CCC(C)NCC(O)c1ccc(C)o1. The third-order valence-electron chi connectivity index (χ3n) is 2.36. The van der Waals surface area contributed by atoms with Gasteiger partial charge >= 0.3 is 0 Å². The van der Waals surface area contributed by atoms with Crippen LogP contribution in [0.25, 0.3) is 0 Å². The van der Waals surface area contributed by atoms with Crippen LogP contribution in [-0.2, 0) is 0 Å². The molecule has 0 aliphatic rings. The second-order valence-electron chi connectivity index (χ2n) is 3.68. The molecular formula is C11H19NO2. The average molecular weight is 197 g/mol. The molecule has 0 saturated heterocycles. The van der Waals surface area contributed by atoms with Crippen molar-refractivity contribution < 1.29 is 9.52 Å². The van der Waals surface area contributed by atoms with E-state index in [0.717, 1.165) is 12.2 Å². The Kier molecular flexibility index (Phi) is 4.17. The molecule has 0 spiro atoms. The summed E-state index contributed by atoms with van der Waals surface area (Å²) in [5.74, 6) is 1.47. The van der Waals surface area contributed by atoms with E-state index in [0.29, 0.717) is 18.3 Å². The fourth-order valence-electron chi connectivity index (χ4n) is 1.19. The van der Waals surface area contributed by atoms with Crippen molar-refractivity contribution >= 4 is 0 Å². The summed E-state index contributed by atoms with van der Waals surface area (Å²) in [6.07, 6.45) is 0.516. The Balaban J connectivity index is 2.39. The topological polar surface area (TPSA) is 45.4 Å². The van der Waals surface area contributed by atoms with Crippen molar-refractivity contribution in [3.05, 3.63) is 23.7 Å². The number of aliphatic hydroxyl groups excluding tert-OH is 1. The van der Waals surface area contributed by atoms with Gasteiger partial charge in [-0.1, -0.05) is 6.92 Å². The molecule has 1 heterocycles. The second kappa shape index (κ2) is 5.17. The summed E-state index contributed by atoms with van der Waals surface area (Å²) < 4.78 is 5.32. The lowest BCUT2D eigenvalue weighted by molar-refractivity contribution is 0.142. The summed E-state index contributed by atoms with van der Waals surface area (Å²) in [7, 11) is 0. The summed E-state index contributed by atoms with van der Waals surface area (Å²) in [6.45, 7) is 6.63. The van der Waals surface area contributed by atoms with Crippen LogP contribution in [0.15, 0.2) is 16.5 Å². The number of rotatable bonds is 5. The van der Waals surface area contributed by atoms with Crippen LogP contribution in [-0.4, -0.2) is 17.7 Å². The van der Waals surface area contributed by atoms with Crippen LogP contribution in [0.5, 0.6) is 0 Å². The van der Waals surface area contributed by atoms with Crippen molar-refractivity contribution in [3.8, 4) is 0 Å². The Morgan fingerprint density at radius 3 is 2.71 bits per heavy atom. The lowest BCUT2D eigenvalue weighted by Crippen LogP contribution is -2.29. The van der Waals surface area contributed by atoms with Crippen LogP contribution in [0.4, 0.5) is 0 Å². The van der Waals surface area contributed by atoms with Crippen molar-refractivity contribution in [2.24, 2.45) is 0 Å². The molecule has 0 aliphatic heterocycles. The van der Waals surface area contributed by atoms with Gasteiger partial charge < -0.3 is 14.8 Å². The van der Waals surface area contributed by atoms with E-state index in [-0.39, 0.29) is 0 Å². The molecule has 14 heavy (non-hydrogen) atoms. The summed E-state index contributed by atoms with van der Waals surface area (Å²) in [5.41, 5.74) is 0. The molecule has 80 valence electrons. The maximum atomic E-state index is 9.72. The normalized spacial score (nSPS) is 15.4. The highest BCUT2D eigenvalue weighted by Gasteiger charge is 2.11. The van der Waals surface area contributed by atoms with E-state index in [4.69, 9.17) is 4.42 Å². The summed E-state index contributed by atoms with van der Waals surface area (Å²) >= 11 is 0. The Hall–Kier alpha value is -0.800. The average Bonchev–Trinajstić information content (AvgIpc) is 2.60. The zero-order valence-corrected chi connectivity index (χ0v) is 9.08. The standard InChI is InChI=1S/C11H19NO2/c1-4-8(2)12-7-10(13)11-6-5-9(3)14-11/h5-6,8,10,12-13H,4,7H2,1-3H3. The van der Waals surface area contributed by atoms with E-state index in [1.807, 2.05) is 19.1 Å². The van der Waals surface area contributed by atoms with Gasteiger partial charge in [0.05, 0.1) is 0 Å². The van der Waals surface area contributed by atoms with Gasteiger partial charge in [-0.3, -0.25) is 0 Å². The lowest BCUT2D eigenvalue weighted by Gasteiger charge is -2.13. The molecule has 0 amide bonds. The van der Waals surface area contributed by atoms with Gasteiger partial charge in [0.15, 0.2) is 0 Å². The predicted octanol–water partition coefficient (Wildman–Crippen LogP) is 2.01. The van der Waals surface area contributed by atoms with Crippen LogP contribution in [0.1, 0.15) is 37.9 Å². The van der Waals surface area contributed by atoms with Crippen LogP contribution in [0.2, 0.25) is 0 Å². The first kappa shape index (κ1) is 11.3. The van der Waals surface area contributed by atoms with Crippen molar-refractivity contribution in [1.82, 2.24) is 5.32 Å². The van der Waals surface area contributed by atoms with Gasteiger partial charge in [-0.15, -0.1) is 0 Å². The number of aliphatic hydroxyl groups is 1. The summed E-state index contributed by atoms with van der Waals surface area (Å²) in [5, 5.41) is 13.0. The smallest absolute Gasteiger partial charge is 0.133 e. The van der Waals surface area contributed by atoms with E-state index in [1.54, 1.807) is 0 Å². The molecule has 2 N–H and O–H groups in total. The van der Waals surface area contributed by atoms with Crippen LogP contribution >= 0.6 is 0 Å². The van der Waals surface area contributed by atoms with E-state index in [2.05, 4.69) is 19.2 Å². The lowest BCUT2D eigenvalue weighted by atomic mass is 10.2. The minimum absolute atomic E-state index is 0.431. The molecular weight excluding hydrogens is 178 g/mol. The third-order valence-corrected chi connectivity index (χ3v) is 2.36. The quantitative estimate of drug-likeness (QED) is 0.759. The first-order valence-electron chi connectivity index (χ1n) is 5.11. The molecule has 3 heteroatoms. The highest BCUT2D eigenvalue weighted by atomic mass is 16.4. The minimum Gasteiger partial charge on any atom is -0.464 e. The molecule has 0 aromatic carbocycles. The third kappa shape index (κ3) is 3.16. The van der Waals surface area contributed by atoms with Gasteiger partial charge in [-0.25, -0.2) is 0 Å². The molecule has 1 rings (SSSR count). The minimum atomic E-state index is -0.544. The van der Waals surface area contributed by atoms with Gasteiger partial charge in [0, 0.05) is 12.6 Å². The van der Waals surface area contributed by atoms with Crippen LogP contribution in [0, 0.1) is 6.92 Å². The summed E-state index contributed by atoms with van der Waals surface area (Å²) in [4.78, 5) is 0. The molecule has 0 saturated carbocycles. The first-order chi connectivity index (χ1) is 6.63. The molecule has 1 aromatic rings. The first-order valence-corrected chi connectivity index (χ1v) is 5.11. The Labute approximate surface area is 85.1 Å². The molecule has 2 atom stereocenters. The van der Waals surface area contributed by atoms with Gasteiger partial charge in [-0.2, -0.15) is 0 Å². The molecule has 1 aromatic heterocycles. The maximum absolute atomic E-state index is 9.72. The van der Waals surface area contributed by atoms with E-state index in [1.165, 1.54) is 0 Å². The number of furan rings is 1. The molecule has 0 fully saturated rings. The van der Waals surface area contributed by atoms with Crippen LogP contribution in [0.3, 0.4) is 0 Å². The molecule has 0 bridgehead atoms. The molecule has 0 radical (unpaired) electrons. The fraction of sp³-hybridized carbons (Fsp3) is 0.636. The summed E-state index contributed by atoms with van der Waals surface area (Å²) in [6, 6.07) is 4.11. The van der Waals surface area contributed by atoms with Gasteiger partial charge in [0.2, 0.25) is 0 Å². The largest absolute Gasteiger partial charge is 0.464 e. The van der Waals surface area contributed by atoms with Crippen LogP contribution < -0.4 is 5.32 Å². The molecule has 2 unspecified atom stereocenters. The maximum Gasteiger partial charge on any atom is 0.133 e. The number of nitrogens with one attached hydrogen (secondary N) is 1. The highest BCUT2D eigenvalue weighted by molar-refractivity contribution is 5.08. The Bertz CT molecular complexity index is 270. The van der Waals surface area contributed by atoms with Crippen molar-refractivity contribution in [1.29, 1.82) is 0 Å². The second-order valence-corrected chi connectivity index (χ2v) is 3.68. The van der Waals surface area contributed by atoms with Gasteiger partial charge in [0.1, 0.15) is 17.6 Å². The van der Waals surface area contributed by atoms with E-state index in [9.17, 15) is 5.11 Å². The van der Waals surface area contributed by atoms with Crippen molar-refractivity contribution in [2.75, 3.05) is 6.54 Å². The Morgan fingerprint density at radius 1 is 1.50 bits per heavy atom. The monoisotopic (exact) mass is 197 g/mol. The number of aryl methyl sites for hydroxylation is 1. The fourth-order valence-corrected chi connectivity index (χ4v) is 1.19. The molecule has 3 nitrogen and oxygen atoms in total. The number of hydrogen-bond donors (Lipinski definition) is 2. The van der Waals surface area contributed by atoms with E-state index < -0.39 is 6.10 Å². The Morgan fingerprint density at radius 2 is 2.21 bits per heavy atom. The molecule has 0 aliphatic carbocycles.